The summed E-state index contributed by atoms with van der Waals surface area (Å²) in [4.78, 5) is 12.7. The van der Waals surface area contributed by atoms with Crippen molar-refractivity contribution >= 4 is 27.5 Å². The molecule has 4 fully saturated rings. The Morgan fingerprint density at radius 2 is 1.91 bits per heavy atom. The normalized spacial score (nSPS) is 37.8. The van der Waals surface area contributed by atoms with Crippen molar-refractivity contribution in [2.45, 2.75) is 62.6 Å². The lowest BCUT2D eigenvalue weighted by Gasteiger charge is -2.60. The van der Waals surface area contributed by atoms with Crippen LogP contribution in [0.2, 0.25) is 0 Å². The molecule has 124 valence electrons. The maximum atomic E-state index is 12.7. The third kappa shape index (κ3) is 2.97. The van der Waals surface area contributed by atoms with Crippen LogP contribution < -0.4 is 5.32 Å². The average Bonchev–Trinajstić information content (AvgIpc) is 2.44. The Bertz CT molecular complexity index is 612. The lowest BCUT2D eigenvalue weighted by atomic mass is 9.48. The van der Waals surface area contributed by atoms with Gasteiger partial charge < -0.3 is 5.32 Å². The Hall–Kier alpha value is -0.830. The monoisotopic (exact) mass is 375 g/mol. The van der Waals surface area contributed by atoms with Gasteiger partial charge in [-0.3, -0.25) is 4.79 Å². The summed E-state index contributed by atoms with van der Waals surface area (Å²) in [6.45, 7) is 2.14. The van der Waals surface area contributed by atoms with Gasteiger partial charge in [-0.05, 0) is 73.8 Å². The van der Waals surface area contributed by atoms with Crippen LogP contribution in [-0.4, -0.2) is 10.2 Å². The second kappa shape index (κ2) is 5.61. The molecule has 4 saturated carbocycles. The molecule has 0 aliphatic heterocycles. The number of nitrogens with one attached hydrogen (secondary N) is 1. The first kappa shape index (κ1) is 15.7. The molecular formula is C20H26BrNO. The minimum absolute atomic E-state index is 0.212. The van der Waals surface area contributed by atoms with E-state index in [4.69, 9.17) is 0 Å². The predicted octanol–water partition coefficient (Wildman–Crippen LogP) is 5.31. The molecule has 0 radical (unpaired) electrons. The molecule has 23 heavy (non-hydrogen) atoms. The summed E-state index contributed by atoms with van der Waals surface area (Å²) in [7, 11) is 0. The fraction of sp³-hybridized carbons (Fsp3) is 0.650. The summed E-state index contributed by atoms with van der Waals surface area (Å²) >= 11 is 4.04. The van der Waals surface area contributed by atoms with E-state index in [1.54, 1.807) is 0 Å². The number of alkyl halides is 1. The van der Waals surface area contributed by atoms with Crippen LogP contribution in [-0.2, 0) is 11.2 Å². The quantitative estimate of drug-likeness (QED) is 0.709. The number of aryl methyl sites for hydroxylation is 1. The second-order valence-electron chi connectivity index (χ2n) is 8.35. The van der Waals surface area contributed by atoms with Gasteiger partial charge in [0, 0.05) is 16.4 Å². The van der Waals surface area contributed by atoms with Crippen LogP contribution in [0.5, 0.6) is 0 Å². The number of anilines is 1. The standard InChI is InChI=1S/C20H26BrNO/c1-2-16-5-3-4-6-17(16)22-18(23)12-19-8-14-7-15(9-19)11-20(21,10-14)13-19/h3-6,14-15H,2,7-13H2,1H3,(H,22,23)/t14-,15+,19?,20?. The van der Waals surface area contributed by atoms with Gasteiger partial charge in [0.15, 0.2) is 0 Å². The number of para-hydroxylation sites is 1. The third-order valence-electron chi connectivity index (χ3n) is 6.32. The average molecular weight is 376 g/mol. The van der Waals surface area contributed by atoms with Crippen molar-refractivity contribution in [3.8, 4) is 0 Å². The summed E-state index contributed by atoms with van der Waals surface area (Å²) in [5, 5.41) is 3.19. The zero-order valence-corrected chi connectivity index (χ0v) is 15.5. The Kier molecular flexibility index (Phi) is 3.83. The highest BCUT2D eigenvalue weighted by atomic mass is 79.9. The molecule has 2 nitrogen and oxygen atoms in total. The fourth-order valence-corrected chi connectivity index (χ4v) is 7.54. The molecule has 4 aliphatic rings. The van der Waals surface area contributed by atoms with E-state index < -0.39 is 0 Å². The Labute approximate surface area is 147 Å². The lowest BCUT2D eigenvalue weighted by molar-refractivity contribution is -0.123. The summed E-state index contributed by atoms with van der Waals surface area (Å²) in [5.41, 5.74) is 2.47. The molecule has 1 aromatic rings. The molecule has 3 heteroatoms. The van der Waals surface area contributed by atoms with E-state index in [-0.39, 0.29) is 11.3 Å². The van der Waals surface area contributed by atoms with Crippen LogP contribution >= 0.6 is 15.9 Å². The second-order valence-corrected chi connectivity index (χ2v) is 10.0. The molecule has 2 unspecified atom stereocenters. The van der Waals surface area contributed by atoms with Gasteiger partial charge in [-0.1, -0.05) is 41.1 Å². The van der Waals surface area contributed by atoms with Gasteiger partial charge in [0.2, 0.25) is 5.91 Å². The smallest absolute Gasteiger partial charge is 0.224 e. The van der Waals surface area contributed by atoms with E-state index in [2.05, 4.69) is 34.2 Å². The van der Waals surface area contributed by atoms with Crippen LogP contribution in [0, 0.1) is 17.3 Å². The Morgan fingerprint density at radius 3 is 2.57 bits per heavy atom. The van der Waals surface area contributed by atoms with Crippen LogP contribution in [0.25, 0.3) is 0 Å². The number of hydrogen-bond acceptors (Lipinski definition) is 1. The van der Waals surface area contributed by atoms with Gasteiger partial charge in [-0.2, -0.15) is 0 Å². The zero-order chi connectivity index (χ0) is 16.1. The van der Waals surface area contributed by atoms with Crippen molar-refractivity contribution in [1.82, 2.24) is 0 Å². The van der Waals surface area contributed by atoms with Crippen molar-refractivity contribution in [2.24, 2.45) is 17.3 Å². The highest BCUT2D eigenvalue weighted by molar-refractivity contribution is 9.10. The molecule has 0 saturated heterocycles. The molecule has 4 aliphatic carbocycles. The third-order valence-corrected chi connectivity index (χ3v) is 7.25. The number of halogens is 1. The number of amides is 1. The van der Waals surface area contributed by atoms with Gasteiger partial charge in [0.1, 0.15) is 0 Å². The number of carbonyl (C=O) groups is 1. The van der Waals surface area contributed by atoms with Gasteiger partial charge in [-0.15, -0.1) is 0 Å². The first-order valence-corrected chi connectivity index (χ1v) is 9.85. The van der Waals surface area contributed by atoms with Gasteiger partial charge in [-0.25, -0.2) is 0 Å². The van der Waals surface area contributed by atoms with E-state index in [1.807, 2.05) is 18.2 Å². The van der Waals surface area contributed by atoms with Crippen LogP contribution in [0.4, 0.5) is 5.69 Å². The molecule has 5 rings (SSSR count). The van der Waals surface area contributed by atoms with E-state index in [9.17, 15) is 4.79 Å². The maximum Gasteiger partial charge on any atom is 0.224 e. The number of benzene rings is 1. The van der Waals surface area contributed by atoms with Crippen molar-refractivity contribution in [3.63, 3.8) is 0 Å². The van der Waals surface area contributed by atoms with Crippen molar-refractivity contribution in [3.05, 3.63) is 29.8 Å². The van der Waals surface area contributed by atoms with Gasteiger partial charge >= 0.3 is 0 Å². The van der Waals surface area contributed by atoms with E-state index in [1.165, 1.54) is 44.1 Å². The van der Waals surface area contributed by atoms with Crippen molar-refractivity contribution in [2.75, 3.05) is 5.32 Å². The van der Waals surface area contributed by atoms with E-state index in [0.29, 0.717) is 10.7 Å². The highest BCUT2D eigenvalue weighted by Crippen LogP contribution is 2.65. The molecule has 0 heterocycles. The predicted molar refractivity (Wildman–Crippen MR) is 97.8 cm³/mol. The fourth-order valence-electron chi connectivity index (χ4n) is 6.03. The molecule has 4 bridgehead atoms. The Morgan fingerprint density at radius 1 is 1.22 bits per heavy atom. The largest absolute Gasteiger partial charge is 0.326 e. The first-order valence-electron chi connectivity index (χ1n) is 9.06. The lowest BCUT2D eigenvalue weighted by Crippen LogP contribution is -2.53. The number of rotatable bonds is 4. The maximum absolute atomic E-state index is 12.7. The molecule has 0 aromatic heterocycles. The number of hydrogen-bond donors (Lipinski definition) is 1. The summed E-state index contributed by atoms with van der Waals surface area (Å²) in [6, 6.07) is 8.19. The summed E-state index contributed by atoms with van der Waals surface area (Å²) in [6.07, 6.45) is 9.42. The topological polar surface area (TPSA) is 29.1 Å². The molecular weight excluding hydrogens is 350 g/mol. The molecule has 1 aromatic carbocycles. The summed E-state index contributed by atoms with van der Waals surface area (Å²) in [5.74, 6) is 1.89. The van der Waals surface area contributed by atoms with Crippen molar-refractivity contribution < 1.29 is 4.79 Å². The molecule has 4 atom stereocenters. The van der Waals surface area contributed by atoms with Crippen LogP contribution in [0.1, 0.15) is 57.4 Å². The SMILES string of the molecule is CCc1ccccc1NC(=O)CC12C[C@@H]3C[C@@H](CC(Br)(C3)C1)C2. The first-order chi connectivity index (χ1) is 11.0. The van der Waals surface area contributed by atoms with Crippen molar-refractivity contribution in [1.29, 1.82) is 0 Å². The van der Waals surface area contributed by atoms with Gasteiger partial charge in [0.25, 0.3) is 0 Å². The van der Waals surface area contributed by atoms with Crippen LogP contribution in [0.15, 0.2) is 24.3 Å². The van der Waals surface area contributed by atoms with E-state index in [0.717, 1.165) is 23.9 Å². The van der Waals surface area contributed by atoms with E-state index >= 15 is 0 Å². The Balaban J connectivity index is 1.49. The van der Waals surface area contributed by atoms with Gasteiger partial charge in [0.05, 0.1) is 0 Å². The summed E-state index contributed by atoms with van der Waals surface area (Å²) < 4.78 is 0.332. The molecule has 1 N–H and O–H groups in total. The van der Waals surface area contributed by atoms with Crippen LogP contribution in [0.3, 0.4) is 0 Å². The molecule has 0 spiro atoms. The minimum Gasteiger partial charge on any atom is -0.326 e. The highest BCUT2D eigenvalue weighted by Gasteiger charge is 2.57. The number of carbonyl (C=O) groups excluding carboxylic acids is 1. The minimum atomic E-state index is 0.212. The molecule has 1 amide bonds. The zero-order valence-electron chi connectivity index (χ0n) is 13.9.